The van der Waals surface area contributed by atoms with Gasteiger partial charge >= 0.3 is 0 Å². The SMILES string of the molecule is CCCNC(=NCC(C)N(C)c1ccccc1)NCC. The van der Waals surface area contributed by atoms with E-state index in [1.807, 2.05) is 6.07 Å². The number of likely N-dealkylation sites (N-methyl/N-ethyl adjacent to an activating group) is 1. The predicted octanol–water partition coefficient (Wildman–Crippen LogP) is 2.48. The van der Waals surface area contributed by atoms with Crippen LogP contribution in [-0.2, 0) is 0 Å². The van der Waals surface area contributed by atoms with Gasteiger partial charge in [-0.25, -0.2) is 0 Å². The van der Waals surface area contributed by atoms with Crippen LogP contribution in [0.2, 0.25) is 0 Å². The molecule has 4 heteroatoms. The number of benzene rings is 1. The van der Waals surface area contributed by atoms with Crippen molar-refractivity contribution >= 4 is 11.6 Å². The molecule has 1 aromatic rings. The summed E-state index contributed by atoms with van der Waals surface area (Å²) >= 11 is 0. The molecule has 0 spiro atoms. The van der Waals surface area contributed by atoms with Gasteiger partial charge in [0.15, 0.2) is 5.96 Å². The van der Waals surface area contributed by atoms with Crippen molar-refractivity contribution in [2.45, 2.75) is 33.2 Å². The summed E-state index contributed by atoms with van der Waals surface area (Å²) in [6, 6.07) is 10.8. The molecule has 0 bridgehead atoms. The zero-order valence-corrected chi connectivity index (χ0v) is 13.2. The van der Waals surface area contributed by atoms with Crippen LogP contribution in [0, 0.1) is 0 Å². The molecule has 1 atom stereocenters. The molecule has 0 aliphatic rings. The Morgan fingerprint density at radius 3 is 2.50 bits per heavy atom. The van der Waals surface area contributed by atoms with Crippen molar-refractivity contribution in [1.29, 1.82) is 0 Å². The molecule has 20 heavy (non-hydrogen) atoms. The molecule has 0 saturated carbocycles. The van der Waals surface area contributed by atoms with E-state index < -0.39 is 0 Å². The molecule has 0 heterocycles. The largest absolute Gasteiger partial charge is 0.370 e. The van der Waals surface area contributed by atoms with Crippen molar-refractivity contribution in [3.63, 3.8) is 0 Å². The molecule has 0 fully saturated rings. The number of rotatable bonds is 7. The van der Waals surface area contributed by atoms with Crippen molar-refractivity contribution < 1.29 is 0 Å². The first kappa shape index (κ1) is 16.3. The van der Waals surface area contributed by atoms with Gasteiger partial charge in [0.1, 0.15) is 0 Å². The Bertz CT molecular complexity index is 389. The van der Waals surface area contributed by atoms with Crippen LogP contribution < -0.4 is 15.5 Å². The maximum Gasteiger partial charge on any atom is 0.191 e. The van der Waals surface area contributed by atoms with Gasteiger partial charge in [0.25, 0.3) is 0 Å². The van der Waals surface area contributed by atoms with Crippen LogP contribution in [-0.4, -0.2) is 38.7 Å². The molecule has 0 aromatic heterocycles. The van der Waals surface area contributed by atoms with Gasteiger partial charge in [0, 0.05) is 31.9 Å². The summed E-state index contributed by atoms with van der Waals surface area (Å²) in [5.74, 6) is 0.905. The smallest absolute Gasteiger partial charge is 0.191 e. The number of anilines is 1. The number of hydrogen-bond donors (Lipinski definition) is 2. The molecule has 0 amide bonds. The second kappa shape index (κ2) is 9.23. The Labute approximate surface area is 123 Å². The van der Waals surface area contributed by atoms with Gasteiger partial charge in [-0.2, -0.15) is 0 Å². The highest BCUT2D eigenvalue weighted by atomic mass is 15.2. The molecule has 1 rings (SSSR count). The third-order valence-electron chi connectivity index (χ3n) is 3.22. The second-order valence-electron chi connectivity index (χ2n) is 4.94. The predicted molar refractivity (Wildman–Crippen MR) is 88.6 cm³/mol. The Morgan fingerprint density at radius 2 is 1.90 bits per heavy atom. The van der Waals surface area contributed by atoms with Crippen LogP contribution in [0.4, 0.5) is 5.69 Å². The van der Waals surface area contributed by atoms with Gasteiger partial charge in [-0.1, -0.05) is 25.1 Å². The average Bonchev–Trinajstić information content (AvgIpc) is 2.49. The van der Waals surface area contributed by atoms with Crippen molar-refractivity contribution in [2.75, 3.05) is 31.6 Å². The number of guanidine groups is 1. The lowest BCUT2D eigenvalue weighted by atomic mass is 10.2. The third-order valence-corrected chi connectivity index (χ3v) is 3.22. The molecular weight excluding hydrogens is 248 g/mol. The monoisotopic (exact) mass is 276 g/mol. The topological polar surface area (TPSA) is 39.7 Å². The van der Waals surface area contributed by atoms with E-state index in [-0.39, 0.29) is 0 Å². The van der Waals surface area contributed by atoms with Crippen molar-refractivity contribution in [1.82, 2.24) is 10.6 Å². The van der Waals surface area contributed by atoms with Gasteiger partial charge in [-0.15, -0.1) is 0 Å². The number of para-hydroxylation sites is 1. The highest BCUT2D eigenvalue weighted by Crippen LogP contribution is 2.13. The highest BCUT2D eigenvalue weighted by molar-refractivity contribution is 5.79. The van der Waals surface area contributed by atoms with Crippen molar-refractivity contribution in [3.8, 4) is 0 Å². The summed E-state index contributed by atoms with van der Waals surface area (Å²) in [7, 11) is 2.11. The molecule has 0 aliphatic heterocycles. The Balaban J connectivity index is 2.56. The maximum atomic E-state index is 4.65. The molecule has 0 saturated heterocycles. The number of aliphatic imine (C=N–C) groups is 1. The number of nitrogens with zero attached hydrogens (tertiary/aromatic N) is 2. The van der Waals surface area contributed by atoms with Crippen LogP contribution in [0.3, 0.4) is 0 Å². The standard InChI is InChI=1S/C16H28N4/c1-5-12-18-16(17-6-2)19-13-14(3)20(4)15-10-8-7-9-11-15/h7-11,14H,5-6,12-13H2,1-4H3,(H2,17,18,19). The molecule has 2 N–H and O–H groups in total. The van der Waals surface area contributed by atoms with Crippen molar-refractivity contribution in [3.05, 3.63) is 30.3 Å². The average molecular weight is 276 g/mol. The van der Waals surface area contributed by atoms with E-state index >= 15 is 0 Å². The molecule has 0 aliphatic carbocycles. The molecule has 0 radical (unpaired) electrons. The van der Waals surface area contributed by atoms with Crippen LogP contribution in [0.5, 0.6) is 0 Å². The van der Waals surface area contributed by atoms with Gasteiger partial charge in [0.2, 0.25) is 0 Å². The fourth-order valence-electron chi connectivity index (χ4n) is 1.85. The van der Waals surface area contributed by atoms with E-state index in [2.05, 4.69) is 72.6 Å². The second-order valence-corrected chi connectivity index (χ2v) is 4.94. The minimum atomic E-state index is 0.356. The number of nitrogens with one attached hydrogen (secondary N) is 2. The van der Waals surface area contributed by atoms with Crippen LogP contribution in [0.1, 0.15) is 27.2 Å². The van der Waals surface area contributed by atoms with Crippen LogP contribution in [0.25, 0.3) is 0 Å². The minimum absolute atomic E-state index is 0.356. The Hall–Kier alpha value is -1.71. The lowest BCUT2D eigenvalue weighted by Crippen LogP contribution is -2.39. The minimum Gasteiger partial charge on any atom is -0.370 e. The zero-order valence-electron chi connectivity index (χ0n) is 13.2. The van der Waals surface area contributed by atoms with E-state index in [9.17, 15) is 0 Å². The Kier molecular flexibility index (Phi) is 7.55. The summed E-state index contributed by atoms with van der Waals surface area (Å²) in [4.78, 5) is 6.91. The molecule has 112 valence electrons. The summed E-state index contributed by atoms with van der Waals surface area (Å²) in [6.45, 7) is 9.04. The first-order valence-electron chi connectivity index (χ1n) is 7.49. The summed E-state index contributed by atoms with van der Waals surface area (Å²) in [6.07, 6.45) is 1.10. The van der Waals surface area contributed by atoms with Gasteiger partial charge < -0.3 is 15.5 Å². The first-order valence-corrected chi connectivity index (χ1v) is 7.49. The van der Waals surface area contributed by atoms with Crippen molar-refractivity contribution in [2.24, 2.45) is 4.99 Å². The van der Waals surface area contributed by atoms with E-state index in [0.29, 0.717) is 6.04 Å². The first-order chi connectivity index (χ1) is 9.69. The van der Waals surface area contributed by atoms with Crippen LogP contribution in [0.15, 0.2) is 35.3 Å². The molecular formula is C16H28N4. The Morgan fingerprint density at radius 1 is 1.20 bits per heavy atom. The fraction of sp³-hybridized carbons (Fsp3) is 0.562. The third kappa shape index (κ3) is 5.51. The van der Waals surface area contributed by atoms with E-state index in [1.54, 1.807) is 0 Å². The molecule has 4 nitrogen and oxygen atoms in total. The number of hydrogen-bond acceptors (Lipinski definition) is 2. The summed E-state index contributed by atoms with van der Waals surface area (Å²) < 4.78 is 0. The zero-order chi connectivity index (χ0) is 14.8. The van der Waals surface area contributed by atoms with Crippen LogP contribution >= 0.6 is 0 Å². The lowest BCUT2D eigenvalue weighted by Gasteiger charge is -2.26. The van der Waals surface area contributed by atoms with Gasteiger partial charge in [-0.05, 0) is 32.4 Å². The van der Waals surface area contributed by atoms with E-state index in [0.717, 1.165) is 32.0 Å². The molecule has 1 unspecified atom stereocenters. The molecule has 1 aromatic carbocycles. The maximum absolute atomic E-state index is 4.65. The highest BCUT2D eigenvalue weighted by Gasteiger charge is 2.09. The van der Waals surface area contributed by atoms with Gasteiger partial charge in [0.05, 0.1) is 6.54 Å². The summed E-state index contributed by atoms with van der Waals surface area (Å²) in [5.41, 5.74) is 1.22. The van der Waals surface area contributed by atoms with E-state index in [1.165, 1.54) is 5.69 Å². The quantitative estimate of drug-likeness (QED) is 0.594. The fourth-order valence-corrected chi connectivity index (χ4v) is 1.85. The normalized spacial score (nSPS) is 12.9. The summed E-state index contributed by atoms with van der Waals surface area (Å²) in [5, 5.41) is 6.60. The lowest BCUT2D eigenvalue weighted by molar-refractivity contribution is 0.686. The van der Waals surface area contributed by atoms with E-state index in [4.69, 9.17) is 0 Å². The van der Waals surface area contributed by atoms with Gasteiger partial charge in [-0.3, -0.25) is 4.99 Å².